The zero-order valence-corrected chi connectivity index (χ0v) is 22.6. The van der Waals surface area contributed by atoms with Crippen LogP contribution in [0.3, 0.4) is 0 Å². The summed E-state index contributed by atoms with van der Waals surface area (Å²) in [7, 11) is 5.70. The van der Waals surface area contributed by atoms with E-state index < -0.39 is 0 Å². The van der Waals surface area contributed by atoms with Gasteiger partial charge >= 0.3 is 0 Å². The molecule has 1 aromatic carbocycles. The topological polar surface area (TPSA) is 79.9 Å². The molecule has 9 heteroatoms. The Kier molecular flexibility index (Phi) is 11.1. The first-order valence-corrected chi connectivity index (χ1v) is 11.5. The molecule has 0 radical (unpaired) electrons. The number of halogens is 1. The van der Waals surface area contributed by atoms with Gasteiger partial charge in [-0.15, -0.1) is 24.0 Å². The number of aromatic nitrogens is 2. The molecule has 1 atom stereocenters. The number of carbonyl (C=O) groups is 1. The first kappa shape index (κ1) is 27.1. The minimum Gasteiger partial charge on any atom is -0.357 e. The number of nitrogens with one attached hydrogen (secondary N) is 2. The van der Waals surface area contributed by atoms with Crippen molar-refractivity contribution < 1.29 is 4.79 Å². The maximum Gasteiger partial charge on any atom is 0.239 e. The van der Waals surface area contributed by atoms with E-state index in [4.69, 9.17) is 4.99 Å². The van der Waals surface area contributed by atoms with E-state index >= 15 is 0 Å². The third-order valence-electron chi connectivity index (χ3n) is 5.75. The van der Waals surface area contributed by atoms with E-state index in [0.29, 0.717) is 6.54 Å². The molecule has 1 aliphatic heterocycles. The molecule has 1 fully saturated rings. The van der Waals surface area contributed by atoms with Gasteiger partial charge in [0.15, 0.2) is 5.96 Å². The van der Waals surface area contributed by atoms with Gasteiger partial charge in [-0.1, -0.05) is 30.3 Å². The molecule has 3 rings (SSSR count). The number of H-pyrrole nitrogens is 1. The Morgan fingerprint density at radius 2 is 2.03 bits per heavy atom. The number of imidazole rings is 1. The quantitative estimate of drug-likeness (QED) is 0.211. The van der Waals surface area contributed by atoms with E-state index in [-0.39, 0.29) is 35.9 Å². The summed E-state index contributed by atoms with van der Waals surface area (Å²) in [5, 5.41) is 3.37. The van der Waals surface area contributed by atoms with Gasteiger partial charge in [-0.3, -0.25) is 14.7 Å². The maximum absolute atomic E-state index is 12.4. The monoisotopic (exact) mass is 567 g/mol. The summed E-state index contributed by atoms with van der Waals surface area (Å²) >= 11 is 0. The second-order valence-corrected chi connectivity index (χ2v) is 8.48. The summed E-state index contributed by atoms with van der Waals surface area (Å²) in [6.45, 7) is 6.14. The smallest absolute Gasteiger partial charge is 0.239 e. The standard InChI is InChI=1S/C24H37N7O.HI/c1-5-25-24(26-14-10-16-31-15-9-13-21(31)23(32)29(2)3)30(4)18-22-27-17-20(28-22)19-11-7-6-8-12-19;/h6-8,11-12,17,21H,5,9-10,13-16,18H2,1-4H3,(H,25,26)(H,27,28);1H. The number of benzene rings is 1. The van der Waals surface area contributed by atoms with Gasteiger partial charge in [-0.2, -0.15) is 0 Å². The van der Waals surface area contributed by atoms with Gasteiger partial charge in [0.2, 0.25) is 5.91 Å². The number of nitrogens with zero attached hydrogens (tertiary/aromatic N) is 5. The number of aromatic amines is 1. The number of guanidine groups is 1. The lowest BCUT2D eigenvalue weighted by Crippen LogP contribution is -2.43. The average Bonchev–Trinajstić information content (AvgIpc) is 3.45. The fraction of sp³-hybridized carbons (Fsp3) is 0.542. The van der Waals surface area contributed by atoms with Crippen molar-refractivity contribution in [3.05, 3.63) is 42.4 Å². The number of aliphatic imine (C=N–C) groups is 1. The SMILES string of the molecule is CCNC(=NCCCN1CCCC1C(=O)N(C)C)N(C)Cc1ncc(-c2ccccc2)[nH]1.I. The maximum atomic E-state index is 12.4. The van der Waals surface area contributed by atoms with Crippen LogP contribution in [-0.2, 0) is 11.3 Å². The number of likely N-dealkylation sites (N-methyl/N-ethyl adjacent to an activating group) is 1. The second-order valence-electron chi connectivity index (χ2n) is 8.48. The Morgan fingerprint density at radius 1 is 1.27 bits per heavy atom. The molecular formula is C24H38IN7O. The molecule has 182 valence electrons. The number of rotatable bonds is 9. The van der Waals surface area contributed by atoms with E-state index in [2.05, 4.69) is 44.1 Å². The van der Waals surface area contributed by atoms with Gasteiger partial charge < -0.3 is 20.1 Å². The van der Waals surface area contributed by atoms with Crippen LogP contribution in [0.4, 0.5) is 0 Å². The van der Waals surface area contributed by atoms with E-state index in [1.54, 1.807) is 4.90 Å². The van der Waals surface area contributed by atoms with Gasteiger partial charge in [0.05, 0.1) is 24.5 Å². The molecule has 8 nitrogen and oxygen atoms in total. The largest absolute Gasteiger partial charge is 0.357 e. The number of hydrogen-bond acceptors (Lipinski definition) is 4. The zero-order valence-electron chi connectivity index (χ0n) is 20.3. The van der Waals surface area contributed by atoms with Crippen molar-refractivity contribution in [1.29, 1.82) is 0 Å². The summed E-state index contributed by atoms with van der Waals surface area (Å²) in [6.07, 6.45) is 4.86. The summed E-state index contributed by atoms with van der Waals surface area (Å²) in [4.78, 5) is 31.2. The van der Waals surface area contributed by atoms with Crippen LogP contribution in [0.5, 0.6) is 0 Å². The van der Waals surface area contributed by atoms with Crippen molar-refractivity contribution in [1.82, 2.24) is 30.0 Å². The predicted molar refractivity (Wildman–Crippen MR) is 145 cm³/mol. The summed E-state index contributed by atoms with van der Waals surface area (Å²) in [6, 6.07) is 10.2. The Hall–Kier alpha value is -2.14. The van der Waals surface area contributed by atoms with Crippen LogP contribution in [0.25, 0.3) is 11.3 Å². The van der Waals surface area contributed by atoms with Crippen molar-refractivity contribution in [2.75, 3.05) is 47.3 Å². The highest BCUT2D eigenvalue weighted by molar-refractivity contribution is 14.0. The van der Waals surface area contributed by atoms with Crippen LogP contribution in [-0.4, -0.2) is 89.9 Å². The van der Waals surface area contributed by atoms with Crippen LogP contribution in [0.15, 0.2) is 41.5 Å². The fourth-order valence-electron chi connectivity index (χ4n) is 4.11. The van der Waals surface area contributed by atoms with Crippen molar-refractivity contribution in [3.63, 3.8) is 0 Å². The molecule has 1 amide bonds. The minimum absolute atomic E-state index is 0. The molecule has 0 bridgehead atoms. The highest BCUT2D eigenvalue weighted by Gasteiger charge is 2.30. The van der Waals surface area contributed by atoms with Gasteiger partial charge in [0.1, 0.15) is 5.82 Å². The Bertz CT molecular complexity index is 884. The molecule has 2 N–H and O–H groups in total. The fourth-order valence-corrected chi connectivity index (χ4v) is 4.11. The third kappa shape index (κ3) is 7.70. The summed E-state index contributed by atoms with van der Waals surface area (Å²) < 4.78 is 0. The van der Waals surface area contributed by atoms with E-state index in [0.717, 1.165) is 68.5 Å². The van der Waals surface area contributed by atoms with Crippen molar-refractivity contribution in [3.8, 4) is 11.3 Å². The lowest BCUT2D eigenvalue weighted by Gasteiger charge is -2.26. The molecule has 1 unspecified atom stereocenters. The molecule has 33 heavy (non-hydrogen) atoms. The van der Waals surface area contributed by atoms with E-state index in [9.17, 15) is 4.79 Å². The molecular weight excluding hydrogens is 529 g/mol. The molecule has 0 saturated carbocycles. The van der Waals surface area contributed by atoms with Crippen molar-refractivity contribution in [2.24, 2.45) is 4.99 Å². The lowest BCUT2D eigenvalue weighted by atomic mass is 10.2. The highest BCUT2D eigenvalue weighted by atomic mass is 127. The molecule has 0 aliphatic carbocycles. The van der Waals surface area contributed by atoms with Gasteiger partial charge in [0, 0.05) is 40.8 Å². The normalized spacial score (nSPS) is 16.4. The molecule has 2 heterocycles. The van der Waals surface area contributed by atoms with Gasteiger partial charge in [-0.25, -0.2) is 4.98 Å². The lowest BCUT2D eigenvalue weighted by molar-refractivity contribution is -0.133. The first-order chi connectivity index (χ1) is 15.5. The van der Waals surface area contributed by atoms with Crippen LogP contribution >= 0.6 is 24.0 Å². The van der Waals surface area contributed by atoms with Crippen molar-refractivity contribution >= 4 is 35.8 Å². The summed E-state index contributed by atoms with van der Waals surface area (Å²) in [5.74, 6) is 1.99. The van der Waals surface area contributed by atoms with Crippen LogP contribution < -0.4 is 5.32 Å². The first-order valence-electron chi connectivity index (χ1n) is 11.5. The van der Waals surface area contributed by atoms with Crippen LogP contribution in [0.2, 0.25) is 0 Å². The van der Waals surface area contributed by atoms with E-state index in [1.807, 2.05) is 45.5 Å². The number of carbonyl (C=O) groups excluding carboxylic acids is 1. The molecule has 2 aromatic rings. The number of hydrogen-bond donors (Lipinski definition) is 2. The average molecular weight is 568 g/mol. The summed E-state index contributed by atoms with van der Waals surface area (Å²) in [5.41, 5.74) is 2.14. The Morgan fingerprint density at radius 3 is 2.73 bits per heavy atom. The number of amides is 1. The predicted octanol–water partition coefficient (Wildman–Crippen LogP) is 3.03. The van der Waals surface area contributed by atoms with Crippen LogP contribution in [0.1, 0.15) is 32.0 Å². The molecule has 1 aromatic heterocycles. The Labute approximate surface area is 214 Å². The van der Waals surface area contributed by atoms with E-state index in [1.165, 1.54) is 0 Å². The van der Waals surface area contributed by atoms with Crippen molar-refractivity contribution in [2.45, 2.75) is 38.8 Å². The van der Waals surface area contributed by atoms with Crippen LogP contribution in [0, 0.1) is 0 Å². The Balaban J connectivity index is 0.00000385. The second kappa shape index (κ2) is 13.5. The van der Waals surface area contributed by atoms with Gasteiger partial charge in [-0.05, 0) is 38.3 Å². The minimum atomic E-state index is 0. The third-order valence-corrected chi connectivity index (χ3v) is 5.75. The van der Waals surface area contributed by atoms with Gasteiger partial charge in [0.25, 0.3) is 0 Å². The number of likely N-dealkylation sites (tertiary alicyclic amines) is 1. The molecule has 0 spiro atoms. The zero-order chi connectivity index (χ0) is 22.9. The molecule has 1 aliphatic rings. The highest BCUT2D eigenvalue weighted by Crippen LogP contribution is 2.19. The molecule has 1 saturated heterocycles.